The predicted molar refractivity (Wildman–Crippen MR) is 150 cm³/mol. The van der Waals surface area contributed by atoms with Crippen LogP contribution in [0.4, 0.5) is 26.7 Å². The molecule has 2 aromatic carbocycles. The van der Waals surface area contributed by atoms with Crippen LogP contribution in [-0.2, 0) is 17.7 Å². The third-order valence-corrected chi connectivity index (χ3v) is 6.02. The molecule has 0 aliphatic heterocycles. The molecule has 0 aliphatic carbocycles. The monoisotopic (exact) mass is 616 g/mol. The third-order valence-electron chi connectivity index (χ3n) is 6.02. The number of hydrogen-bond donors (Lipinski definition) is 3. The molecule has 16 heteroatoms. The van der Waals surface area contributed by atoms with Crippen LogP contribution >= 0.6 is 0 Å². The Bertz CT molecular complexity index is 1780. The van der Waals surface area contributed by atoms with Crippen molar-refractivity contribution in [2.24, 2.45) is 22.2 Å². The van der Waals surface area contributed by atoms with E-state index < -0.39 is 48.0 Å². The fourth-order valence-corrected chi connectivity index (χ4v) is 4.22. The van der Waals surface area contributed by atoms with Crippen LogP contribution < -0.4 is 21.9 Å². The Morgan fingerprint density at radius 2 is 1.82 bits per heavy atom. The fourth-order valence-electron chi connectivity index (χ4n) is 4.22. The smallest absolute Gasteiger partial charge is 0.452 e. The SMILES string of the molecule is C=C(N=C(N)C(=C(N)N)N(Cc1cccc(OC(F)(F)F)c1)C(=O)OC)n1nc(Cc2ccccc2F)c2ncc(F)cc21. The molecular formula is C28H25F5N8O3. The molecule has 0 radical (unpaired) electrons. The summed E-state index contributed by atoms with van der Waals surface area (Å²) in [7, 11) is 1.05. The van der Waals surface area contributed by atoms with Crippen LogP contribution in [0.1, 0.15) is 16.8 Å². The Kier molecular flexibility index (Phi) is 9.01. The normalized spacial score (nSPS) is 11.7. The number of carbonyl (C=O) groups excluding carboxylic acids is 1. The first-order chi connectivity index (χ1) is 20.8. The van der Waals surface area contributed by atoms with Crippen LogP contribution in [0.25, 0.3) is 16.9 Å². The van der Waals surface area contributed by atoms with Crippen LogP contribution in [0, 0.1) is 11.6 Å². The number of ether oxygens (including phenoxy) is 2. The number of amidine groups is 1. The highest BCUT2D eigenvalue weighted by Gasteiger charge is 2.31. The minimum atomic E-state index is -4.95. The van der Waals surface area contributed by atoms with Crippen LogP contribution in [-0.4, -0.2) is 45.1 Å². The highest BCUT2D eigenvalue weighted by molar-refractivity contribution is 6.01. The van der Waals surface area contributed by atoms with Gasteiger partial charge in [0.25, 0.3) is 0 Å². The van der Waals surface area contributed by atoms with Gasteiger partial charge >= 0.3 is 12.5 Å². The van der Waals surface area contributed by atoms with Gasteiger partial charge in [-0.05, 0) is 29.3 Å². The van der Waals surface area contributed by atoms with Crippen LogP contribution in [0.2, 0.25) is 0 Å². The van der Waals surface area contributed by atoms with Crippen molar-refractivity contribution < 1.29 is 36.2 Å². The zero-order chi connectivity index (χ0) is 32.2. The number of nitrogens with zero attached hydrogens (tertiary/aromatic N) is 5. The van der Waals surface area contributed by atoms with E-state index in [9.17, 15) is 26.7 Å². The number of fused-ring (bicyclic) bond motifs is 1. The molecule has 0 atom stereocenters. The second kappa shape index (κ2) is 12.7. The summed E-state index contributed by atoms with van der Waals surface area (Å²) in [6, 6.07) is 11.9. The fraction of sp³-hybridized carbons (Fsp3) is 0.143. The second-order valence-corrected chi connectivity index (χ2v) is 9.12. The van der Waals surface area contributed by atoms with E-state index in [1.165, 1.54) is 24.3 Å². The maximum absolute atomic E-state index is 14.4. The molecule has 2 aromatic heterocycles. The first kappa shape index (κ1) is 31.3. The second-order valence-electron chi connectivity index (χ2n) is 9.12. The average molecular weight is 617 g/mol. The van der Waals surface area contributed by atoms with Crippen LogP contribution in [0.15, 0.2) is 83.9 Å². The number of rotatable bonds is 9. The molecule has 0 unspecified atom stereocenters. The molecule has 2 heterocycles. The molecular weight excluding hydrogens is 591 g/mol. The van der Waals surface area contributed by atoms with Crippen molar-refractivity contribution >= 4 is 28.8 Å². The molecule has 1 amide bonds. The molecule has 0 bridgehead atoms. The lowest BCUT2D eigenvalue weighted by Crippen LogP contribution is -2.39. The standard InChI is InChI=1S/C28H25F5N8O3/c1-15(41-22-12-18(29)13-37-23(22)21(39-41)11-17-7-3-4-9-20(17)30)38-26(36)24(25(34)35)40(27(42)43-2)14-16-6-5-8-19(10-16)44-28(31,32)33/h3-10,12-13H,1,11,14,34-35H2,2H3,(H2,36,38). The molecule has 0 saturated carbocycles. The highest BCUT2D eigenvalue weighted by Crippen LogP contribution is 2.26. The van der Waals surface area contributed by atoms with Crippen molar-refractivity contribution in [3.05, 3.63) is 107 Å². The number of hydrogen-bond acceptors (Lipinski definition) is 8. The topological polar surface area (TPSA) is 160 Å². The first-order valence-electron chi connectivity index (χ1n) is 12.5. The third kappa shape index (κ3) is 7.21. The predicted octanol–water partition coefficient (Wildman–Crippen LogP) is 4.34. The van der Waals surface area contributed by atoms with Gasteiger partial charge in [-0.3, -0.25) is 4.90 Å². The molecule has 11 nitrogen and oxygen atoms in total. The molecule has 0 spiro atoms. The summed E-state index contributed by atoms with van der Waals surface area (Å²) < 4.78 is 76.6. The lowest BCUT2D eigenvalue weighted by molar-refractivity contribution is -0.274. The summed E-state index contributed by atoms with van der Waals surface area (Å²) in [4.78, 5) is 21.9. The zero-order valence-electron chi connectivity index (χ0n) is 23.0. The summed E-state index contributed by atoms with van der Waals surface area (Å²) in [5.41, 5.74) is 18.6. The zero-order valence-corrected chi connectivity index (χ0v) is 23.0. The number of benzene rings is 2. The Balaban J connectivity index is 1.71. The lowest BCUT2D eigenvalue weighted by atomic mass is 10.1. The maximum Gasteiger partial charge on any atom is 0.573 e. The lowest BCUT2D eigenvalue weighted by Gasteiger charge is -2.25. The number of aliphatic imine (C=N–C) groups is 1. The van der Waals surface area contributed by atoms with Gasteiger partial charge in [-0.15, -0.1) is 13.2 Å². The van der Waals surface area contributed by atoms with Crippen molar-refractivity contribution in [1.29, 1.82) is 0 Å². The van der Waals surface area contributed by atoms with Crippen molar-refractivity contribution in [1.82, 2.24) is 19.7 Å². The molecule has 0 saturated heterocycles. The largest absolute Gasteiger partial charge is 0.573 e. The van der Waals surface area contributed by atoms with Gasteiger partial charge in [0.05, 0.1) is 31.1 Å². The number of methoxy groups -OCH3 is 1. The van der Waals surface area contributed by atoms with E-state index in [1.54, 1.807) is 12.1 Å². The van der Waals surface area contributed by atoms with Crippen LogP contribution in [0.5, 0.6) is 5.75 Å². The van der Waals surface area contributed by atoms with E-state index in [0.29, 0.717) is 5.56 Å². The van der Waals surface area contributed by atoms with Gasteiger partial charge in [0.1, 0.15) is 40.2 Å². The summed E-state index contributed by atoms with van der Waals surface area (Å²) in [5.74, 6) is -2.93. The highest BCUT2D eigenvalue weighted by atomic mass is 19.4. The number of pyridine rings is 1. The summed E-state index contributed by atoms with van der Waals surface area (Å²) >= 11 is 0. The number of amides is 1. The van der Waals surface area contributed by atoms with Gasteiger partial charge in [0, 0.05) is 12.5 Å². The number of halogens is 5. The number of nitrogens with two attached hydrogens (primary N) is 3. The van der Waals surface area contributed by atoms with E-state index in [4.69, 9.17) is 21.9 Å². The van der Waals surface area contributed by atoms with Crippen molar-refractivity contribution in [2.45, 2.75) is 19.3 Å². The van der Waals surface area contributed by atoms with Crippen molar-refractivity contribution in [2.75, 3.05) is 7.11 Å². The van der Waals surface area contributed by atoms with Gasteiger partial charge < -0.3 is 26.7 Å². The van der Waals surface area contributed by atoms with Crippen LogP contribution in [0.3, 0.4) is 0 Å². The van der Waals surface area contributed by atoms with Crippen molar-refractivity contribution in [3.63, 3.8) is 0 Å². The molecule has 44 heavy (non-hydrogen) atoms. The Hall–Kier alpha value is -5.67. The van der Waals surface area contributed by atoms with E-state index >= 15 is 0 Å². The molecule has 4 rings (SSSR count). The van der Waals surface area contributed by atoms with Gasteiger partial charge in [0.15, 0.2) is 5.84 Å². The molecule has 0 fully saturated rings. The summed E-state index contributed by atoms with van der Waals surface area (Å²) in [6.45, 7) is 3.40. The molecule has 4 aromatic rings. The van der Waals surface area contributed by atoms with Gasteiger partial charge in [-0.1, -0.05) is 36.9 Å². The van der Waals surface area contributed by atoms with Crippen molar-refractivity contribution in [3.8, 4) is 5.75 Å². The van der Waals surface area contributed by atoms with E-state index in [2.05, 4.69) is 26.4 Å². The van der Waals surface area contributed by atoms with E-state index in [-0.39, 0.29) is 40.2 Å². The Labute approximate surface area is 246 Å². The molecule has 230 valence electrons. The number of carbonyl (C=O) groups is 1. The van der Waals surface area contributed by atoms with Gasteiger partial charge in [0.2, 0.25) is 0 Å². The number of alkyl halides is 3. The average Bonchev–Trinajstić information content (AvgIpc) is 3.29. The van der Waals surface area contributed by atoms with Gasteiger partial charge in [-0.2, -0.15) is 5.10 Å². The number of aromatic nitrogens is 3. The minimum absolute atomic E-state index is 0.00455. The first-order valence-corrected chi connectivity index (χ1v) is 12.5. The minimum Gasteiger partial charge on any atom is -0.452 e. The maximum atomic E-state index is 14.4. The summed E-state index contributed by atoms with van der Waals surface area (Å²) in [5, 5.41) is 4.40. The Morgan fingerprint density at radius 1 is 1.09 bits per heavy atom. The Morgan fingerprint density at radius 3 is 2.48 bits per heavy atom. The molecule has 0 aliphatic rings. The van der Waals surface area contributed by atoms with E-state index in [1.807, 2.05) is 0 Å². The summed E-state index contributed by atoms with van der Waals surface area (Å²) in [6.07, 6.45) is -5.02. The quantitative estimate of drug-likeness (QED) is 0.142. The molecule has 6 N–H and O–H groups in total. The van der Waals surface area contributed by atoms with E-state index in [0.717, 1.165) is 41.1 Å². The van der Waals surface area contributed by atoms with Gasteiger partial charge in [-0.25, -0.2) is 28.2 Å².